The van der Waals surface area contributed by atoms with Gasteiger partial charge in [0.2, 0.25) is 0 Å². The van der Waals surface area contributed by atoms with Crippen LogP contribution in [0, 0.1) is 11.3 Å². The number of amides is 3. The first kappa shape index (κ1) is 20.0. The summed E-state index contributed by atoms with van der Waals surface area (Å²) in [5, 5.41) is 14.0. The fraction of sp³-hybridized carbons (Fsp3) is 0.500. The molecule has 28 heavy (non-hydrogen) atoms. The van der Waals surface area contributed by atoms with E-state index in [1.165, 1.54) is 29.2 Å². The molecular formula is C18H20F3N3O4. The molecule has 10 heteroatoms. The standard InChI is InChI=1S/C18H20F3N3O4/c19-18(20,21)9-22-14(25)11-3-5-13(6-4-11)23-16(28)24-8-12-2-1-7-17(12,10-24)15(26)27/h3-6,12H,1-2,7-10H2,(H,22,25)(H,23,28)(H,26,27)/t12-,17+/m0/s1. The molecule has 152 valence electrons. The Balaban J connectivity index is 1.58. The molecule has 1 aromatic rings. The zero-order chi connectivity index (χ0) is 20.5. The van der Waals surface area contributed by atoms with Gasteiger partial charge < -0.3 is 20.6 Å². The Labute approximate surface area is 158 Å². The van der Waals surface area contributed by atoms with E-state index in [0.717, 1.165) is 12.8 Å². The van der Waals surface area contributed by atoms with Crippen molar-refractivity contribution < 1.29 is 32.7 Å². The predicted molar refractivity (Wildman–Crippen MR) is 92.8 cm³/mol. The van der Waals surface area contributed by atoms with Gasteiger partial charge in [-0.1, -0.05) is 6.42 Å². The molecule has 1 saturated carbocycles. The Morgan fingerprint density at radius 2 is 1.89 bits per heavy atom. The number of alkyl halides is 3. The van der Waals surface area contributed by atoms with E-state index in [9.17, 15) is 32.7 Å². The van der Waals surface area contributed by atoms with Crippen molar-refractivity contribution in [1.29, 1.82) is 0 Å². The molecule has 0 aromatic heterocycles. The monoisotopic (exact) mass is 399 g/mol. The number of benzene rings is 1. The number of hydrogen-bond donors (Lipinski definition) is 3. The first-order valence-corrected chi connectivity index (χ1v) is 8.85. The smallest absolute Gasteiger partial charge is 0.405 e. The van der Waals surface area contributed by atoms with E-state index in [1.54, 1.807) is 5.32 Å². The van der Waals surface area contributed by atoms with E-state index in [-0.39, 0.29) is 18.0 Å². The lowest BCUT2D eigenvalue weighted by Crippen LogP contribution is -2.38. The largest absolute Gasteiger partial charge is 0.481 e. The van der Waals surface area contributed by atoms with Crippen molar-refractivity contribution in [3.63, 3.8) is 0 Å². The molecule has 0 radical (unpaired) electrons. The second kappa shape index (κ2) is 7.33. The van der Waals surface area contributed by atoms with Crippen LogP contribution in [-0.2, 0) is 4.79 Å². The maximum atomic E-state index is 12.5. The van der Waals surface area contributed by atoms with Crippen molar-refractivity contribution in [3.8, 4) is 0 Å². The maximum Gasteiger partial charge on any atom is 0.405 e. The fourth-order valence-corrected chi connectivity index (χ4v) is 3.98. The van der Waals surface area contributed by atoms with Crippen LogP contribution in [0.3, 0.4) is 0 Å². The Hall–Kier alpha value is -2.78. The van der Waals surface area contributed by atoms with Gasteiger partial charge in [-0.05, 0) is 43.0 Å². The molecule has 1 heterocycles. The first-order chi connectivity index (χ1) is 13.1. The molecule has 2 fully saturated rings. The number of urea groups is 1. The van der Waals surface area contributed by atoms with Gasteiger partial charge in [-0.2, -0.15) is 13.2 Å². The summed E-state index contributed by atoms with van der Waals surface area (Å²) in [7, 11) is 0. The van der Waals surface area contributed by atoms with Crippen molar-refractivity contribution >= 4 is 23.6 Å². The van der Waals surface area contributed by atoms with Crippen LogP contribution < -0.4 is 10.6 Å². The fourth-order valence-electron chi connectivity index (χ4n) is 3.98. The van der Waals surface area contributed by atoms with Gasteiger partial charge in [0.15, 0.2) is 0 Å². The molecular weight excluding hydrogens is 379 g/mol. The summed E-state index contributed by atoms with van der Waals surface area (Å²) in [6.45, 7) is -0.904. The Morgan fingerprint density at radius 3 is 2.46 bits per heavy atom. The zero-order valence-corrected chi connectivity index (χ0v) is 14.9. The summed E-state index contributed by atoms with van der Waals surface area (Å²) < 4.78 is 36.4. The molecule has 0 bridgehead atoms. The average Bonchev–Trinajstić information content (AvgIpc) is 3.18. The van der Waals surface area contributed by atoms with E-state index in [4.69, 9.17) is 0 Å². The third-order valence-corrected chi connectivity index (χ3v) is 5.43. The van der Waals surface area contributed by atoms with Crippen LogP contribution in [-0.4, -0.2) is 53.7 Å². The summed E-state index contributed by atoms with van der Waals surface area (Å²) in [5.41, 5.74) is -0.487. The van der Waals surface area contributed by atoms with Crippen LogP contribution in [0.1, 0.15) is 29.6 Å². The van der Waals surface area contributed by atoms with Crippen LogP contribution in [0.2, 0.25) is 0 Å². The van der Waals surface area contributed by atoms with E-state index >= 15 is 0 Å². The summed E-state index contributed by atoms with van der Waals surface area (Å²) in [6.07, 6.45) is -2.33. The number of carboxylic acids is 1. The van der Waals surface area contributed by atoms with Crippen LogP contribution in [0.15, 0.2) is 24.3 Å². The summed E-state index contributed by atoms with van der Waals surface area (Å²) in [6, 6.07) is 4.98. The summed E-state index contributed by atoms with van der Waals surface area (Å²) >= 11 is 0. The molecule has 7 nitrogen and oxygen atoms in total. The van der Waals surface area contributed by atoms with Gasteiger partial charge in [0.25, 0.3) is 5.91 Å². The number of fused-ring (bicyclic) bond motifs is 1. The molecule has 3 amide bonds. The third-order valence-electron chi connectivity index (χ3n) is 5.43. The molecule has 2 aliphatic rings. The number of carbonyl (C=O) groups is 3. The highest BCUT2D eigenvalue weighted by Crippen LogP contribution is 2.48. The van der Waals surface area contributed by atoms with E-state index in [2.05, 4.69) is 5.32 Å². The van der Waals surface area contributed by atoms with Gasteiger partial charge in [0.1, 0.15) is 6.54 Å². The number of nitrogens with zero attached hydrogens (tertiary/aromatic N) is 1. The number of rotatable bonds is 4. The van der Waals surface area contributed by atoms with Crippen molar-refractivity contribution in [2.45, 2.75) is 25.4 Å². The number of halogens is 3. The van der Waals surface area contributed by atoms with Gasteiger partial charge in [-0.25, -0.2) is 4.79 Å². The number of aliphatic carboxylic acids is 1. The number of likely N-dealkylation sites (tertiary alicyclic amines) is 1. The van der Waals surface area contributed by atoms with Gasteiger partial charge in [-0.15, -0.1) is 0 Å². The van der Waals surface area contributed by atoms with Gasteiger partial charge >= 0.3 is 18.2 Å². The minimum Gasteiger partial charge on any atom is -0.481 e. The molecule has 1 aliphatic carbocycles. The third kappa shape index (κ3) is 4.05. The minimum atomic E-state index is -4.50. The van der Waals surface area contributed by atoms with Crippen molar-refractivity contribution in [2.75, 3.05) is 25.0 Å². The van der Waals surface area contributed by atoms with E-state index in [0.29, 0.717) is 18.7 Å². The minimum absolute atomic E-state index is 0.0304. The topological polar surface area (TPSA) is 98.7 Å². The van der Waals surface area contributed by atoms with E-state index in [1.807, 2.05) is 0 Å². The summed E-state index contributed by atoms with van der Waals surface area (Å²) in [5.74, 6) is -1.80. The van der Waals surface area contributed by atoms with Crippen molar-refractivity contribution in [2.24, 2.45) is 11.3 Å². The molecule has 1 aromatic carbocycles. The van der Waals surface area contributed by atoms with Crippen molar-refractivity contribution in [3.05, 3.63) is 29.8 Å². The Kier molecular flexibility index (Phi) is 5.22. The average molecular weight is 399 g/mol. The molecule has 3 N–H and O–H groups in total. The van der Waals surface area contributed by atoms with Gasteiger partial charge in [0, 0.05) is 24.3 Å². The van der Waals surface area contributed by atoms with Crippen LogP contribution in [0.25, 0.3) is 0 Å². The first-order valence-electron chi connectivity index (χ1n) is 8.85. The second-order valence-corrected chi connectivity index (χ2v) is 7.24. The highest BCUT2D eigenvalue weighted by molar-refractivity contribution is 5.95. The summed E-state index contributed by atoms with van der Waals surface area (Å²) in [4.78, 5) is 37.3. The molecule has 0 spiro atoms. The SMILES string of the molecule is O=C(NCC(F)(F)F)c1ccc(NC(=O)N2C[C@@H]3CCC[C@@]3(C(=O)O)C2)cc1. The number of nitrogens with one attached hydrogen (secondary N) is 2. The molecule has 1 aliphatic heterocycles. The lowest BCUT2D eigenvalue weighted by Gasteiger charge is -2.23. The molecule has 1 saturated heterocycles. The van der Waals surface area contributed by atoms with Crippen LogP contribution in [0.4, 0.5) is 23.7 Å². The predicted octanol–water partition coefficient (Wildman–Crippen LogP) is 2.70. The van der Waals surface area contributed by atoms with Crippen molar-refractivity contribution in [1.82, 2.24) is 10.2 Å². The highest BCUT2D eigenvalue weighted by Gasteiger charge is 2.55. The number of anilines is 1. The van der Waals surface area contributed by atoms with E-state index < -0.39 is 36.0 Å². The molecule has 3 rings (SSSR count). The number of carboxylic acid groups (broad SMARTS) is 1. The number of carbonyl (C=O) groups excluding carboxylic acids is 2. The second-order valence-electron chi connectivity index (χ2n) is 7.24. The van der Waals surface area contributed by atoms with Gasteiger partial charge in [0.05, 0.1) is 5.41 Å². The van der Waals surface area contributed by atoms with Crippen LogP contribution in [0.5, 0.6) is 0 Å². The lowest BCUT2D eigenvalue weighted by atomic mass is 9.81. The van der Waals surface area contributed by atoms with Gasteiger partial charge in [-0.3, -0.25) is 9.59 Å². The lowest BCUT2D eigenvalue weighted by molar-refractivity contribution is -0.149. The number of hydrogen-bond acceptors (Lipinski definition) is 3. The zero-order valence-electron chi connectivity index (χ0n) is 14.9. The highest BCUT2D eigenvalue weighted by atomic mass is 19.4. The molecule has 2 atom stereocenters. The maximum absolute atomic E-state index is 12.5. The quantitative estimate of drug-likeness (QED) is 0.725. The Bertz CT molecular complexity index is 781. The molecule has 0 unspecified atom stereocenters. The normalized spacial score (nSPS) is 24.0. The Morgan fingerprint density at radius 1 is 1.21 bits per heavy atom. The van der Waals surface area contributed by atoms with Crippen LogP contribution >= 0.6 is 0 Å².